The molecule has 9 heteroatoms. The second-order valence-corrected chi connectivity index (χ2v) is 13.5. The van der Waals surface area contributed by atoms with Gasteiger partial charge in [0.1, 0.15) is 6.61 Å². The van der Waals surface area contributed by atoms with E-state index in [0.29, 0.717) is 6.42 Å². The predicted molar refractivity (Wildman–Crippen MR) is 198 cm³/mol. The first-order chi connectivity index (χ1) is 23.3. The van der Waals surface area contributed by atoms with Gasteiger partial charge in [-0.15, -0.1) is 0 Å². The molecule has 1 N–H and O–H groups in total. The highest BCUT2D eigenvalue weighted by Crippen LogP contribution is 2.42. The van der Waals surface area contributed by atoms with E-state index in [4.69, 9.17) is 14.0 Å². The van der Waals surface area contributed by atoms with Crippen LogP contribution >= 0.6 is 7.82 Å². The number of unbranched alkanes of at least 4 members (excludes halogenated alkanes) is 12. The van der Waals surface area contributed by atoms with Gasteiger partial charge < -0.3 is 14.4 Å². The molecule has 0 heterocycles. The molecule has 2 atom stereocenters. The first-order valence-electron chi connectivity index (χ1n) is 18.5. The van der Waals surface area contributed by atoms with E-state index < -0.39 is 32.5 Å². The third kappa shape index (κ3) is 33.6. The largest absolute Gasteiger partial charge is 0.472 e. The number of ether oxygens (including phenoxy) is 2. The van der Waals surface area contributed by atoms with Gasteiger partial charge in [0.2, 0.25) is 0 Å². The van der Waals surface area contributed by atoms with E-state index in [0.717, 1.165) is 97.0 Å². The summed E-state index contributed by atoms with van der Waals surface area (Å²) < 4.78 is 31.8. The Morgan fingerprint density at radius 1 is 0.604 bits per heavy atom. The summed E-state index contributed by atoms with van der Waals surface area (Å²) in [5.74, 6) is -0.849. The molecule has 0 aromatic rings. The van der Waals surface area contributed by atoms with Crippen molar-refractivity contribution in [3.63, 3.8) is 0 Å². The standard InChI is InChI=1S/C39H67O8P/c1-4-6-8-10-12-14-16-18-19-20-21-22-24-26-28-30-32-34-39(41)47-37(36-46-48(42,43)44-3)35-45-38(40)33-31-29-27-25-23-17-15-13-11-9-7-5-2/h6,8,12-15,18-19,21-22,37H,4-5,7,9-11,16-17,20,23-36H2,1-3H3,(H,42,43)/b8-6-,14-12-,15-13-,19-18-,22-21-. The van der Waals surface area contributed by atoms with Crippen LogP contribution in [0.3, 0.4) is 0 Å². The van der Waals surface area contributed by atoms with E-state index >= 15 is 0 Å². The molecule has 0 aromatic carbocycles. The van der Waals surface area contributed by atoms with Crippen LogP contribution in [0.1, 0.15) is 149 Å². The highest BCUT2D eigenvalue weighted by atomic mass is 31.2. The van der Waals surface area contributed by atoms with Crippen molar-refractivity contribution in [1.29, 1.82) is 0 Å². The summed E-state index contributed by atoms with van der Waals surface area (Å²) in [4.78, 5) is 34.3. The number of hydrogen-bond acceptors (Lipinski definition) is 7. The predicted octanol–water partition coefficient (Wildman–Crippen LogP) is 11.2. The molecule has 8 nitrogen and oxygen atoms in total. The Bertz CT molecular complexity index is 969. The Hall–Kier alpha value is -2.25. The van der Waals surface area contributed by atoms with Crippen LogP contribution in [0.15, 0.2) is 60.8 Å². The van der Waals surface area contributed by atoms with Crippen LogP contribution in [-0.2, 0) is 32.7 Å². The maximum absolute atomic E-state index is 12.4. The van der Waals surface area contributed by atoms with Gasteiger partial charge in [-0.1, -0.05) is 120 Å². The number of phosphoric ester groups is 1. The molecule has 0 amide bonds. The topological polar surface area (TPSA) is 108 Å². The Kier molecular flexibility index (Phi) is 33.0. The summed E-state index contributed by atoms with van der Waals surface area (Å²) in [5, 5.41) is 0. The maximum atomic E-state index is 12.4. The highest BCUT2D eigenvalue weighted by Gasteiger charge is 2.24. The lowest BCUT2D eigenvalue weighted by Crippen LogP contribution is -2.29. The smallest absolute Gasteiger partial charge is 0.462 e. The summed E-state index contributed by atoms with van der Waals surface area (Å²) in [7, 11) is -3.22. The molecule has 0 spiro atoms. The summed E-state index contributed by atoms with van der Waals surface area (Å²) in [6.45, 7) is 3.70. The van der Waals surface area contributed by atoms with Crippen molar-refractivity contribution in [1.82, 2.24) is 0 Å². The van der Waals surface area contributed by atoms with Crippen molar-refractivity contribution in [2.45, 2.75) is 155 Å². The lowest BCUT2D eigenvalue weighted by molar-refractivity contribution is -0.161. The average Bonchev–Trinajstić information content (AvgIpc) is 3.07. The highest BCUT2D eigenvalue weighted by molar-refractivity contribution is 7.47. The minimum atomic E-state index is -4.27. The van der Waals surface area contributed by atoms with Gasteiger partial charge in [0.15, 0.2) is 6.10 Å². The molecule has 0 aliphatic carbocycles. The summed E-state index contributed by atoms with van der Waals surface area (Å²) in [5.41, 5.74) is 0. The van der Waals surface area contributed by atoms with Crippen LogP contribution in [0, 0.1) is 0 Å². The van der Waals surface area contributed by atoms with Gasteiger partial charge in [-0.2, -0.15) is 0 Å². The molecule has 276 valence electrons. The van der Waals surface area contributed by atoms with Crippen LogP contribution in [0.25, 0.3) is 0 Å². The molecule has 0 aliphatic heterocycles. The van der Waals surface area contributed by atoms with Crippen molar-refractivity contribution in [3.05, 3.63) is 60.8 Å². The summed E-state index contributed by atoms with van der Waals surface area (Å²) >= 11 is 0. The van der Waals surface area contributed by atoms with Crippen LogP contribution in [0.2, 0.25) is 0 Å². The number of rotatable bonds is 33. The van der Waals surface area contributed by atoms with Gasteiger partial charge in [-0.25, -0.2) is 4.57 Å². The Morgan fingerprint density at radius 3 is 1.60 bits per heavy atom. The Balaban J connectivity index is 4.15. The van der Waals surface area contributed by atoms with Gasteiger partial charge in [0.25, 0.3) is 0 Å². The molecule has 0 saturated carbocycles. The molecule has 0 aliphatic rings. The van der Waals surface area contributed by atoms with E-state index in [1.165, 1.54) is 25.7 Å². The minimum absolute atomic E-state index is 0.212. The van der Waals surface area contributed by atoms with Crippen molar-refractivity contribution >= 4 is 19.8 Å². The van der Waals surface area contributed by atoms with E-state index in [2.05, 4.69) is 79.1 Å². The lowest BCUT2D eigenvalue weighted by atomic mass is 10.1. The van der Waals surface area contributed by atoms with Gasteiger partial charge in [0.05, 0.1) is 6.61 Å². The number of phosphoric acid groups is 1. The quantitative estimate of drug-likeness (QED) is 0.0313. The molecule has 0 saturated heterocycles. The van der Waals surface area contributed by atoms with E-state index in [9.17, 15) is 19.0 Å². The fourth-order valence-corrected chi connectivity index (χ4v) is 5.10. The number of carbonyl (C=O) groups is 2. The summed E-state index contributed by atoms with van der Waals surface area (Å²) in [6, 6.07) is 0. The third-order valence-corrected chi connectivity index (χ3v) is 8.43. The average molecular weight is 695 g/mol. The van der Waals surface area contributed by atoms with Crippen molar-refractivity contribution in [2.24, 2.45) is 0 Å². The van der Waals surface area contributed by atoms with Gasteiger partial charge >= 0.3 is 19.8 Å². The third-order valence-electron chi connectivity index (χ3n) is 7.50. The van der Waals surface area contributed by atoms with Crippen LogP contribution in [0.5, 0.6) is 0 Å². The monoisotopic (exact) mass is 694 g/mol. The minimum Gasteiger partial charge on any atom is -0.462 e. The second kappa shape index (κ2) is 34.6. The fraction of sp³-hybridized carbons (Fsp3) is 0.692. The van der Waals surface area contributed by atoms with Crippen molar-refractivity contribution < 1.29 is 37.6 Å². The van der Waals surface area contributed by atoms with Crippen LogP contribution in [-0.4, -0.2) is 43.3 Å². The lowest BCUT2D eigenvalue weighted by Gasteiger charge is -2.19. The molecule has 0 rings (SSSR count). The van der Waals surface area contributed by atoms with Crippen molar-refractivity contribution in [2.75, 3.05) is 20.3 Å². The molecular weight excluding hydrogens is 627 g/mol. The first-order valence-corrected chi connectivity index (χ1v) is 20.0. The fourth-order valence-electron chi connectivity index (χ4n) is 4.64. The second-order valence-electron chi connectivity index (χ2n) is 12.0. The van der Waals surface area contributed by atoms with Gasteiger partial charge in [0, 0.05) is 20.0 Å². The number of allylic oxidation sites excluding steroid dienone is 10. The molecule has 0 bridgehead atoms. The number of carbonyl (C=O) groups excluding carboxylic acids is 2. The SMILES string of the molecule is CC/C=C\C/C=C\C/C=C\C/C=C\CCCCCCC(=O)OC(COC(=O)CCCCCCC/C=C\CCCCC)COP(=O)(O)OC. The molecule has 0 radical (unpaired) electrons. The molecular formula is C39H67O8P. The molecule has 0 fully saturated rings. The van der Waals surface area contributed by atoms with Crippen LogP contribution in [0.4, 0.5) is 0 Å². The molecule has 0 aromatic heterocycles. The van der Waals surface area contributed by atoms with E-state index in [-0.39, 0.29) is 19.4 Å². The van der Waals surface area contributed by atoms with E-state index in [1.807, 2.05) is 0 Å². The maximum Gasteiger partial charge on any atom is 0.472 e. The van der Waals surface area contributed by atoms with Gasteiger partial charge in [-0.3, -0.25) is 18.6 Å². The van der Waals surface area contributed by atoms with Crippen LogP contribution < -0.4 is 0 Å². The first kappa shape index (κ1) is 45.8. The zero-order valence-corrected chi connectivity index (χ0v) is 31.3. The Labute approximate surface area is 292 Å². The number of hydrogen-bond donors (Lipinski definition) is 1. The van der Waals surface area contributed by atoms with E-state index in [1.54, 1.807) is 0 Å². The van der Waals surface area contributed by atoms with Crippen molar-refractivity contribution in [3.8, 4) is 0 Å². The molecule has 2 unspecified atom stereocenters. The number of esters is 2. The summed E-state index contributed by atoms with van der Waals surface area (Å²) in [6.07, 6.45) is 41.3. The normalized spacial score (nSPS) is 14.2. The Morgan fingerprint density at radius 2 is 1.06 bits per heavy atom. The van der Waals surface area contributed by atoms with Gasteiger partial charge in [-0.05, 0) is 77.0 Å². The zero-order valence-electron chi connectivity index (χ0n) is 30.4. The zero-order chi connectivity index (χ0) is 35.4. The molecule has 48 heavy (non-hydrogen) atoms.